The van der Waals surface area contributed by atoms with Crippen molar-refractivity contribution in [3.05, 3.63) is 0 Å². The Hall–Kier alpha value is -0.610. The molecule has 0 aromatic carbocycles. The monoisotopic (exact) mass is 204 g/mol. The lowest BCUT2D eigenvalue weighted by molar-refractivity contribution is -0.144. The summed E-state index contributed by atoms with van der Waals surface area (Å²) in [5.41, 5.74) is 0. The van der Waals surface area contributed by atoms with Gasteiger partial charge in [0.2, 0.25) is 0 Å². The molecule has 0 amide bonds. The average Bonchev–Trinajstić information content (AvgIpc) is 2.09. The van der Waals surface area contributed by atoms with Gasteiger partial charge >= 0.3 is 5.97 Å². The predicted octanol–water partition coefficient (Wildman–Crippen LogP) is 1.40. The molecular weight excluding hydrogens is 184 g/mol. The van der Waals surface area contributed by atoms with Crippen LogP contribution in [0.3, 0.4) is 0 Å². The minimum absolute atomic E-state index is 0.151. The third-order valence-electron chi connectivity index (χ3n) is 2.13. The number of carboxylic acid groups (broad SMARTS) is 1. The van der Waals surface area contributed by atoms with E-state index in [0.717, 1.165) is 0 Å². The minimum Gasteiger partial charge on any atom is -0.481 e. The lowest BCUT2D eigenvalue weighted by Crippen LogP contribution is -2.21. The van der Waals surface area contributed by atoms with E-state index in [1.54, 1.807) is 7.11 Å². The summed E-state index contributed by atoms with van der Waals surface area (Å²) in [5, 5.41) is 8.87. The largest absolute Gasteiger partial charge is 0.481 e. The van der Waals surface area contributed by atoms with Crippen molar-refractivity contribution >= 4 is 5.97 Å². The van der Waals surface area contributed by atoms with Crippen molar-refractivity contribution in [2.75, 3.05) is 26.9 Å². The van der Waals surface area contributed by atoms with Gasteiger partial charge in [0.25, 0.3) is 0 Å². The topological polar surface area (TPSA) is 55.8 Å². The Balaban J connectivity index is 3.57. The van der Waals surface area contributed by atoms with E-state index in [-0.39, 0.29) is 11.8 Å². The molecule has 4 nitrogen and oxygen atoms in total. The van der Waals surface area contributed by atoms with Crippen LogP contribution in [0.5, 0.6) is 0 Å². The number of rotatable bonds is 8. The van der Waals surface area contributed by atoms with Crippen molar-refractivity contribution < 1.29 is 19.4 Å². The molecule has 0 fully saturated rings. The molecule has 0 saturated heterocycles. The van der Waals surface area contributed by atoms with Crippen LogP contribution >= 0.6 is 0 Å². The van der Waals surface area contributed by atoms with E-state index < -0.39 is 5.97 Å². The van der Waals surface area contributed by atoms with Gasteiger partial charge in [-0.1, -0.05) is 13.8 Å². The Morgan fingerprint density at radius 1 is 1.29 bits per heavy atom. The van der Waals surface area contributed by atoms with Crippen LogP contribution in [-0.4, -0.2) is 38.0 Å². The first-order valence-corrected chi connectivity index (χ1v) is 4.89. The fourth-order valence-corrected chi connectivity index (χ4v) is 1.20. The standard InChI is InChI=1S/C10H20O4/c1-8(2)9(10(11)12)4-5-14-7-6-13-3/h8-9H,4-7H2,1-3H3,(H,11,12). The average molecular weight is 204 g/mol. The van der Waals surface area contributed by atoms with Crippen LogP contribution in [0, 0.1) is 11.8 Å². The van der Waals surface area contributed by atoms with Gasteiger partial charge in [0.1, 0.15) is 0 Å². The van der Waals surface area contributed by atoms with E-state index in [1.807, 2.05) is 13.8 Å². The van der Waals surface area contributed by atoms with Gasteiger partial charge < -0.3 is 14.6 Å². The number of methoxy groups -OCH3 is 1. The second-order valence-electron chi connectivity index (χ2n) is 3.58. The summed E-state index contributed by atoms with van der Waals surface area (Å²) in [6.07, 6.45) is 0.566. The van der Waals surface area contributed by atoms with Gasteiger partial charge in [0.15, 0.2) is 0 Å². The van der Waals surface area contributed by atoms with E-state index in [4.69, 9.17) is 14.6 Å². The molecular formula is C10H20O4. The molecule has 0 spiro atoms. The van der Waals surface area contributed by atoms with Gasteiger partial charge in [0, 0.05) is 13.7 Å². The van der Waals surface area contributed by atoms with Crippen molar-refractivity contribution in [1.29, 1.82) is 0 Å². The molecule has 0 rings (SSSR count). The zero-order chi connectivity index (χ0) is 11.0. The smallest absolute Gasteiger partial charge is 0.306 e. The lowest BCUT2D eigenvalue weighted by atomic mass is 9.93. The van der Waals surface area contributed by atoms with Crippen molar-refractivity contribution in [3.63, 3.8) is 0 Å². The zero-order valence-electron chi connectivity index (χ0n) is 9.16. The molecule has 0 aliphatic carbocycles. The minimum atomic E-state index is -0.740. The number of ether oxygens (including phenoxy) is 2. The second-order valence-corrected chi connectivity index (χ2v) is 3.58. The highest BCUT2D eigenvalue weighted by molar-refractivity contribution is 5.70. The van der Waals surface area contributed by atoms with Crippen molar-refractivity contribution in [3.8, 4) is 0 Å². The quantitative estimate of drug-likeness (QED) is 0.607. The van der Waals surface area contributed by atoms with Gasteiger partial charge in [-0.3, -0.25) is 4.79 Å². The summed E-state index contributed by atoms with van der Waals surface area (Å²) >= 11 is 0. The van der Waals surface area contributed by atoms with Crippen molar-refractivity contribution in [1.82, 2.24) is 0 Å². The molecule has 1 atom stereocenters. The molecule has 0 aromatic rings. The maximum Gasteiger partial charge on any atom is 0.306 e. The molecule has 0 aliphatic heterocycles. The van der Waals surface area contributed by atoms with E-state index in [2.05, 4.69) is 0 Å². The highest BCUT2D eigenvalue weighted by Gasteiger charge is 2.20. The van der Waals surface area contributed by atoms with Crippen molar-refractivity contribution in [2.45, 2.75) is 20.3 Å². The molecule has 1 N–H and O–H groups in total. The Morgan fingerprint density at radius 3 is 2.36 bits per heavy atom. The first-order chi connectivity index (χ1) is 6.59. The molecule has 84 valence electrons. The SMILES string of the molecule is COCCOCCC(C(=O)O)C(C)C. The molecule has 0 saturated carbocycles. The molecule has 1 unspecified atom stereocenters. The van der Waals surface area contributed by atoms with Crippen LogP contribution in [0.4, 0.5) is 0 Å². The predicted molar refractivity (Wildman–Crippen MR) is 53.3 cm³/mol. The fraction of sp³-hybridized carbons (Fsp3) is 0.900. The van der Waals surface area contributed by atoms with Crippen LogP contribution < -0.4 is 0 Å². The van der Waals surface area contributed by atoms with Gasteiger partial charge in [-0.2, -0.15) is 0 Å². The number of hydrogen-bond acceptors (Lipinski definition) is 3. The molecule has 4 heteroatoms. The Morgan fingerprint density at radius 2 is 1.93 bits per heavy atom. The van der Waals surface area contributed by atoms with Crippen LogP contribution in [-0.2, 0) is 14.3 Å². The second kappa shape index (κ2) is 7.76. The summed E-state index contributed by atoms with van der Waals surface area (Å²) in [7, 11) is 1.61. The molecule has 0 aliphatic rings. The van der Waals surface area contributed by atoms with E-state index in [1.165, 1.54) is 0 Å². The van der Waals surface area contributed by atoms with E-state index >= 15 is 0 Å². The molecule has 0 bridgehead atoms. The molecule has 0 heterocycles. The lowest BCUT2D eigenvalue weighted by Gasteiger charge is -2.15. The van der Waals surface area contributed by atoms with Crippen LogP contribution in [0.15, 0.2) is 0 Å². The Labute approximate surface area is 85.2 Å². The van der Waals surface area contributed by atoms with Gasteiger partial charge in [-0.25, -0.2) is 0 Å². The highest BCUT2D eigenvalue weighted by atomic mass is 16.5. The normalized spacial score (nSPS) is 13.1. The number of aliphatic carboxylic acids is 1. The van der Waals surface area contributed by atoms with Gasteiger partial charge in [-0.05, 0) is 12.3 Å². The zero-order valence-corrected chi connectivity index (χ0v) is 9.16. The number of hydrogen-bond donors (Lipinski definition) is 1. The number of carboxylic acids is 1. The first-order valence-electron chi connectivity index (χ1n) is 4.89. The summed E-state index contributed by atoms with van der Waals surface area (Å²) < 4.78 is 10.0. The molecule has 14 heavy (non-hydrogen) atoms. The third kappa shape index (κ3) is 5.94. The van der Waals surface area contributed by atoms with Crippen molar-refractivity contribution in [2.24, 2.45) is 11.8 Å². The molecule has 0 radical (unpaired) electrons. The summed E-state index contributed by atoms with van der Waals surface area (Å²) in [4.78, 5) is 10.8. The summed E-state index contributed by atoms with van der Waals surface area (Å²) in [5.74, 6) is -0.897. The van der Waals surface area contributed by atoms with Crippen LogP contribution in [0.25, 0.3) is 0 Å². The fourth-order valence-electron chi connectivity index (χ4n) is 1.20. The summed E-state index contributed by atoms with van der Waals surface area (Å²) in [6, 6.07) is 0. The van der Waals surface area contributed by atoms with Gasteiger partial charge in [0.05, 0.1) is 19.1 Å². The maximum absolute atomic E-state index is 10.8. The Bertz CT molecular complexity index is 156. The van der Waals surface area contributed by atoms with Gasteiger partial charge in [-0.15, -0.1) is 0 Å². The van der Waals surface area contributed by atoms with E-state index in [9.17, 15) is 4.79 Å². The van der Waals surface area contributed by atoms with Crippen LogP contribution in [0.1, 0.15) is 20.3 Å². The van der Waals surface area contributed by atoms with E-state index in [0.29, 0.717) is 26.2 Å². The maximum atomic E-state index is 10.8. The Kier molecular flexibility index (Phi) is 7.42. The highest BCUT2D eigenvalue weighted by Crippen LogP contribution is 2.15. The number of carbonyl (C=O) groups is 1. The van der Waals surface area contributed by atoms with Crippen LogP contribution in [0.2, 0.25) is 0 Å². The first kappa shape index (κ1) is 13.4. The summed E-state index contributed by atoms with van der Waals surface area (Å²) in [6.45, 7) is 5.39. The third-order valence-corrected chi connectivity index (χ3v) is 2.13. The molecule has 0 aromatic heterocycles.